The second-order valence-corrected chi connectivity index (χ2v) is 4.52. The number of hydrogen-bond donors (Lipinski definition) is 0. The van der Waals surface area contributed by atoms with Gasteiger partial charge < -0.3 is 4.57 Å². The molecule has 0 atom stereocenters. The van der Waals surface area contributed by atoms with E-state index in [0.717, 1.165) is 29.4 Å². The molecule has 2 heterocycles. The Morgan fingerprint density at radius 3 is 2.94 bits per heavy atom. The van der Waals surface area contributed by atoms with Gasteiger partial charge in [0.1, 0.15) is 5.82 Å². The maximum atomic E-state index is 4.35. The van der Waals surface area contributed by atoms with Gasteiger partial charge >= 0.3 is 0 Å². The standard InChI is InChI=1S/C12H15N3S/c1-3-11-14-9-10(15(11)2)5-4-6-12-13-7-8-16-12/h4-5,7-9H,3,6H2,1-2H3/b5-4+. The van der Waals surface area contributed by atoms with Crippen molar-refractivity contribution in [2.75, 3.05) is 0 Å². The maximum Gasteiger partial charge on any atom is 0.108 e. The minimum absolute atomic E-state index is 0.893. The molecule has 0 aliphatic heterocycles. The SMILES string of the molecule is CCc1ncc(/C=C/Cc2nccs2)n1C. The van der Waals surface area contributed by atoms with Crippen LogP contribution in [0.15, 0.2) is 23.8 Å². The molecule has 16 heavy (non-hydrogen) atoms. The Hall–Kier alpha value is -1.42. The molecule has 0 N–H and O–H groups in total. The average Bonchev–Trinajstić information content (AvgIpc) is 2.90. The molecule has 0 saturated carbocycles. The second-order valence-electron chi connectivity index (χ2n) is 3.54. The zero-order valence-corrected chi connectivity index (χ0v) is 10.4. The van der Waals surface area contributed by atoms with Crippen molar-refractivity contribution < 1.29 is 0 Å². The number of aromatic nitrogens is 3. The molecule has 0 aromatic carbocycles. The third kappa shape index (κ3) is 2.39. The van der Waals surface area contributed by atoms with Crippen molar-refractivity contribution in [2.45, 2.75) is 19.8 Å². The number of allylic oxidation sites excluding steroid dienone is 1. The monoisotopic (exact) mass is 233 g/mol. The van der Waals surface area contributed by atoms with Gasteiger partial charge in [-0.25, -0.2) is 9.97 Å². The molecule has 0 unspecified atom stereocenters. The van der Waals surface area contributed by atoms with Crippen LogP contribution in [0.2, 0.25) is 0 Å². The molecule has 0 aliphatic carbocycles. The molecular formula is C12H15N3S. The minimum atomic E-state index is 0.893. The molecular weight excluding hydrogens is 218 g/mol. The second kappa shape index (κ2) is 5.07. The molecule has 0 aliphatic rings. The van der Waals surface area contributed by atoms with E-state index in [2.05, 4.69) is 40.7 Å². The van der Waals surface area contributed by atoms with Gasteiger partial charge in [-0.3, -0.25) is 0 Å². The van der Waals surface area contributed by atoms with Crippen molar-refractivity contribution in [3.8, 4) is 0 Å². The molecule has 2 aromatic heterocycles. The van der Waals surface area contributed by atoms with Crippen molar-refractivity contribution in [1.82, 2.24) is 14.5 Å². The number of thiazole rings is 1. The van der Waals surface area contributed by atoms with E-state index in [1.807, 2.05) is 17.8 Å². The average molecular weight is 233 g/mol. The topological polar surface area (TPSA) is 30.7 Å². The third-order valence-electron chi connectivity index (χ3n) is 2.50. The summed E-state index contributed by atoms with van der Waals surface area (Å²) in [6.07, 6.45) is 9.86. The first kappa shape index (κ1) is 11.1. The molecule has 2 aromatic rings. The van der Waals surface area contributed by atoms with Crippen LogP contribution in [-0.4, -0.2) is 14.5 Å². The lowest BCUT2D eigenvalue weighted by molar-refractivity contribution is 0.801. The Morgan fingerprint density at radius 1 is 1.44 bits per heavy atom. The lowest BCUT2D eigenvalue weighted by Crippen LogP contribution is -1.97. The van der Waals surface area contributed by atoms with Crippen molar-refractivity contribution in [3.05, 3.63) is 40.4 Å². The van der Waals surface area contributed by atoms with E-state index < -0.39 is 0 Å². The molecule has 0 spiro atoms. The van der Waals surface area contributed by atoms with Crippen molar-refractivity contribution in [2.24, 2.45) is 7.05 Å². The number of hydrogen-bond acceptors (Lipinski definition) is 3. The molecule has 0 radical (unpaired) electrons. The normalized spacial score (nSPS) is 11.4. The smallest absolute Gasteiger partial charge is 0.108 e. The molecule has 2 rings (SSSR count). The van der Waals surface area contributed by atoms with Crippen LogP contribution >= 0.6 is 11.3 Å². The fourth-order valence-electron chi connectivity index (χ4n) is 1.58. The highest BCUT2D eigenvalue weighted by Gasteiger charge is 2.00. The molecule has 4 heteroatoms. The first-order chi connectivity index (χ1) is 7.81. The lowest BCUT2D eigenvalue weighted by atomic mass is 10.3. The number of rotatable bonds is 4. The van der Waals surface area contributed by atoms with E-state index in [9.17, 15) is 0 Å². The molecule has 0 amide bonds. The van der Waals surface area contributed by atoms with Gasteiger partial charge in [0.05, 0.1) is 16.9 Å². The zero-order valence-electron chi connectivity index (χ0n) is 9.55. The number of imidazole rings is 1. The van der Waals surface area contributed by atoms with Crippen molar-refractivity contribution in [1.29, 1.82) is 0 Å². The van der Waals surface area contributed by atoms with E-state index in [0.29, 0.717) is 0 Å². The van der Waals surface area contributed by atoms with Crippen LogP contribution in [0.3, 0.4) is 0 Å². The molecule has 0 saturated heterocycles. The Morgan fingerprint density at radius 2 is 2.31 bits per heavy atom. The van der Waals surface area contributed by atoms with E-state index in [1.165, 1.54) is 0 Å². The Labute approximate surface area is 99.5 Å². The van der Waals surface area contributed by atoms with Gasteiger partial charge in [-0.2, -0.15) is 0 Å². The van der Waals surface area contributed by atoms with Crippen LogP contribution in [0, 0.1) is 0 Å². The highest BCUT2D eigenvalue weighted by molar-refractivity contribution is 7.09. The fourth-order valence-corrected chi connectivity index (χ4v) is 2.17. The Balaban J connectivity index is 2.03. The Kier molecular flexibility index (Phi) is 3.51. The summed E-state index contributed by atoms with van der Waals surface area (Å²) in [5.41, 5.74) is 1.15. The molecule has 3 nitrogen and oxygen atoms in total. The quantitative estimate of drug-likeness (QED) is 0.813. The summed E-state index contributed by atoms with van der Waals surface area (Å²) in [5, 5.41) is 3.15. The predicted molar refractivity (Wildman–Crippen MR) is 67.4 cm³/mol. The lowest BCUT2D eigenvalue weighted by Gasteiger charge is -1.99. The first-order valence-corrected chi connectivity index (χ1v) is 6.24. The highest BCUT2D eigenvalue weighted by atomic mass is 32.1. The number of aryl methyl sites for hydroxylation is 1. The maximum absolute atomic E-state index is 4.35. The fraction of sp³-hybridized carbons (Fsp3) is 0.333. The van der Waals surface area contributed by atoms with E-state index in [-0.39, 0.29) is 0 Å². The first-order valence-electron chi connectivity index (χ1n) is 5.36. The van der Waals surface area contributed by atoms with Crippen LogP contribution in [0.4, 0.5) is 0 Å². The summed E-state index contributed by atoms with van der Waals surface area (Å²) in [4.78, 5) is 8.58. The molecule has 0 fully saturated rings. The van der Waals surface area contributed by atoms with Gasteiger partial charge in [-0.1, -0.05) is 13.0 Å². The van der Waals surface area contributed by atoms with Gasteiger partial charge in [-0.05, 0) is 6.08 Å². The van der Waals surface area contributed by atoms with E-state index in [4.69, 9.17) is 0 Å². The van der Waals surface area contributed by atoms with Crippen LogP contribution in [0.1, 0.15) is 23.4 Å². The van der Waals surface area contributed by atoms with Gasteiger partial charge in [0.25, 0.3) is 0 Å². The zero-order chi connectivity index (χ0) is 11.4. The predicted octanol–water partition coefficient (Wildman–Crippen LogP) is 2.69. The van der Waals surface area contributed by atoms with Gasteiger partial charge in [-0.15, -0.1) is 11.3 Å². The summed E-state index contributed by atoms with van der Waals surface area (Å²) < 4.78 is 2.12. The van der Waals surface area contributed by atoms with Crippen molar-refractivity contribution in [3.63, 3.8) is 0 Å². The Bertz CT molecular complexity index is 468. The highest BCUT2D eigenvalue weighted by Crippen LogP contribution is 2.09. The molecule has 84 valence electrons. The summed E-state index contributed by atoms with van der Waals surface area (Å²) in [6, 6.07) is 0. The third-order valence-corrected chi connectivity index (χ3v) is 3.30. The van der Waals surface area contributed by atoms with E-state index in [1.54, 1.807) is 11.3 Å². The summed E-state index contributed by atoms with van der Waals surface area (Å²) in [7, 11) is 2.05. The van der Waals surface area contributed by atoms with Crippen LogP contribution in [0.25, 0.3) is 6.08 Å². The van der Waals surface area contributed by atoms with Crippen LogP contribution < -0.4 is 0 Å². The van der Waals surface area contributed by atoms with Crippen LogP contribution in [-0.2, 0) is 19.9 Å². The van der Waals surface area contributed by atoms with Crippen molar-refractivity contribution >= 4 is 17.4 Å². The minimum Gasteiger partial charge on any atom is -0.332 e. The summed E-state index contributed by atoms with van der Waals surface area (Å²) >= 11 is 1.69. The summed E-state index contributed by atoms with van der Waals surface area (Å²) in [5.74, 6) is 1.12. The van der Waals surface area contributed by atoms with Gasteiger partial charge in [0.15, 0.2) is 0 Å². The van der Waals surface area contributed by atoms with Crippen LogP contribution in [0.5, 0.6) is 0 Å². The largest absolute Gasteiger partial charge is 0.332 e. The van der Waals surface area contributed by atoms with E-state index >= 15 is 0 Å². The summed E-state index contributed by atoms with van der Waals surface area (Å²) in [6.45, 7) is 2.12. The molecule has 0 bridgehead atoms. The van der Waals surface area contributed by atoms with Gasteiger partial charge in [0.2, 0.25) is 0 Å². The van der Waals surface area contributed by atoms with Gasteiger partial charge in [0, 0.05) is 31.5 Å². The number of nitrogens with zero attached hydrogens (tertiary/aromatic N) is 3.